The van der Waals surface area contributed by atoms with E-state index in [1.54, 1.807) is 28.4 Å². The molecule has 0 unspecified atom stereocenters. The molecule has 1 amide bonds. The van der Waals surface area contributed by atoms with Gasteiger partial charge in [-0.3, -0.25) is 4.79 Å². The van der Waals surface area contributed by atoms with Crippen molar-refractivity contribution < 1.29 is 18.0 Å². The van der Waals surface area contributed by atoms with Crippen LogP contribution in [0.25, 0.3) is 0 Å². The molecule has 2 aromatic heterocycles. The van der Waals surface area contributed by atoms with Gasteiger partial charge in [-0.25, -0.2) is 8.78 Å². The van der Waals surface area contributed by atoms with E-state index in [0.29, 0.717) is 18.7 Å². The Labute approximate surface area is 142 Å². The summed E-state index contributed by atoms with van der Waals surface area (Å²) < 4.78 is 31.8. The summed E-state index contributed by atoms with van der Waals surface area (Å²) in [5, 5.41) is 1.98. The summed E-state index contributed by atoms with van der Waals surface area (Å²) in [6.45, 7) is 0.731. The second kappa shape index (κ2) is 7.40. The van der Waals surface area contributed by atoms with Crippen molar-refractivity contribution in [2.45, 2.75) is 13.0 Å². The van der Waals surface area contributed by atoms with Crippen molar-refractivity contribution in [1.29, 1.82) is 0 Å². The fourth-order valence-corrected chi connectivity index (χ4v) is 3.05. The molecule has 0 bridgehead atoms. The lowest BCUT2D eigenvalue weighted by Gasteiger charge is -2.21. The smallest absolute Gasteiger partial charge is 0.254 e. The molecule has 0 saturated heterocycles. The minimum Gasteiger partial charge on any atom is -0.467 e. The number of hydrogen-bond acceptors (Lipinski definition) is 3. The number of carbonyl (C=O) groups excluding carboxylic acids is 1. The van der Waals surface area contributed by atoms with Crippen molar-refractivity contribution in [2.24, 2.45) is 0 Å². The van der Waals surface area contributed by atoms with Gasteiger partial charge in [0.25, 0.3) is 5.91 Å². The molecule has 0 radical (unpaired) electrons. The summed E-state index contributed by atoms with van der Waals surface area (Å²) in [5.74, 6) is -1.72. The number of furan rings is 1. The van der Waals surface area contributed by atoms with Crippen LogP contribution in [0.15, 0.2) is 58.5 Å². The highest BCUT2D eigenvalue weighted by molar-refractivity contribution is 7.09. The van der Waals surface area contributed by atoms with Crippen LogP contribution in [0, 0.1) is 11.6 Å². The molecule has 3 aromatic rings. The minimum atomic E-state index is -1.03. The number of carbonyl (C=O) groups is 1. The average Bonchev–Trinajstić information content (AvgIpc) is 3.26. The summed E-state index contributed by atoms with van der Waals surface area (Å²) in [7, 11) is 0. The predicted octanol–water partition coefficient (Wildman–Crippen LogP) is 4.50. The highest BCUT2D eigenvalue weighted by Gasteiger charge is 2.19. The van der Waals surface area contributed by atoms with Gasteiger partial charge in [0.15, 0.2) is 11.6 Å². The Hall–Kier alpha value is -2.47. The Morgan fingerprint density at radius 2 is 2.00 bits per heavy atom. The fraction of sp³-hybridized carbons (Fsp3) is 0.167. The molecule has 1 aromatic carbocycles. The highest BCUT2D eigenvalue weighted by atomic mass is 32.1. The lowest BCUT2D eigenvalue weighted by molar-refractivity contribution is 0.0733. The molecule has 3 rings (SSSR count). The lowest BCUT2D eigenvalue weighted by atomic mass is 10.1. The summed E-state index contributed by atoms with van der Waals surface area (Å²) in [5.41, 5.74) is 0.117. The zero-order valence-electron chi connectivity index (χ0n) is 12.7. The molecular weight excluding hydrogens is 332 g/mol. The molecular formula is C18H15F2NO2S. The number of nitrogens with zero attached hydrogens (tertiary/aromatic N) is 1. The lowest BCUT2D eigenvalue weighted by Crippen LogP contribution is -2.32. The van der Waals surface area contributed by atoms with Gasteiger partial charge in [0, 0.05) is 17.0 Å². The van der Waals surface area contributed by atoms with Crippen molar-refractivity contribution >= 4 is 17.2 Å². The molecule has 6 heteroatoms. The Kier molecular flexibility index (Phi) is 5.05. The largest absolute Gasteiger partial charge is 0.467 e. The Morgan fingerprint density at radius 3 is 2.67 bits per heavy atom. The van der Waals surface area contributed by atoms with Gasteiger partial charge in [-0.05, 0) is 48.2 Å². The third kappa shape index (κ3) is 3.89. The molecule has 3 nitrogen and oxygen atoms in total. The van der Waals surface area contributed by atoms with Crippen molar-refractivity contribution in [2.75, 3.05) is 6.54 Å². The van der Waals surface area contributed by atoms with E-state index in [-0.39, 0.29) is 18.0 Å². The maximum absolute atomic E-state index is 13.4. The van der Waals surface area contributed by atoms with Crippen molar-refractivity contribution in [3.8, 4) is 0 Å². The van der Waals surface area contributed by atoms with E-state index in [0.717, 1.165) is 17.0 Å². The normalized spacial score (nSPS) is 10.8. The van der Waals surface area contributed by atoms with Gasteiger partial charge in [-0.2, -0.15) is 0 Å². The van der Waals surface area contributed by atoms with Crippen LogP contribution in [0.4, 0.5) is 8.78 Å². The number of rotatable bonds is 6. The van der Waals surface area contributed by atoms with Gasteiger partial charge in [0.2, 0.25) is 0 Å². The fourth-order valence-electron chi connectivity index (χ4n) is 2.35. The van der Waals surface area contributed by atoms with Crippen LogP contribution >= 0.6 is 11.3 Å². The molecule has 24 heavy (non-hydrogen) atoms. The SMILES string of the molecule is O=C(c1ccc(F)c(F)c1)N(CCc1cccs1)Cc1ccco1. The van der Waals surface area contributed by atoms with Gasteiger partial charge in [-0.1, -0.05) is 6.07 Å². The summed E-state index contributed by atoms with van der Waals surface area (Å²) in [4.78, 5) is 15.4. The quantitative estimate of drug-likeness (QED) is 0.658. The van der Waals surface area contributed by atoms with Crippen LogP contribution < -0.4 is 0 Å². The topological polar surface area (TPSA) is 33.5 Å². The third-order valence-corrected chi connectivity index (χ3v) is 4.52. The Bertz CT molecular complexity index is 801. The van der Waals surface area contributed by atoms with E-state index in [4.69, 9.17) is 4.42 Å². The standard InChI is InChI=1S/C18H15F2NO2S/c19-16-6-5-13(11-17(16)20)18(22)21(12-14-3-1-9-23-14)8-7-15-4-2-10-24-15/h1-6,9-11H,7-8,12H2. The number of halogens is 2. The van der Waals surface area contributed by atoms with Gasteiger partial charge in [0.05, 0.1) is 12.8 Å². The van der Waals surface area contributed by atoms with Gasteiger partial charge in [0.1, 0.15) is 5.76 Å². The van der Waals surface area contributed by atoms with Crippen LogP contribution in [0.1, 0.15) is 21.0 Å². The molecule has 0 aliphatic heterocycles. The number of amides is 1. The maximum Gasteiger partial charge on any atom is 0.254 e. The summed E-state index contributed by atoms with van der Waals surface area (Å²) >= 11 is 1.61. The highest BCUT2D eigenvalue weighted by Crippen LogP contribution is 2.16. The predicted molar refractivity (Wildman–Crippen MR) is 87.8 cm³/mol. The van der Waals surface area contributed by atoms with E-state index >= 15 is 0 Å². The molecule has 0 spiro atoms. The second-order valence-electron chi connectivity index (χ2n) is 5.26. The van der Waals surface area contributed by atoms with E-state index in [2.05, 4.69) is 0 Å². The zero-order valence-corrected chi connectivity index (χ0v) is 13.6. The molecule has 0 aliphatic carbocycles. The van der Waals surface area contributed by atoms with E-state index in [1.807, 2.05) is 17.5 Å². The third-order valence-electron chi connectivity index (χ3n) is 3.59. The van der Waals surface area contributed by atoms with Crippen LogP contribution in [0.2, 0.25) is 0 Å². The van der Waals surface area contributed by atoms with E-state index in [9.17, 15) is 13.6 Å². The first-order chi connectivity index (χ1) is 11.6. The number of hydrogen-bond donors (Lipinski definition) is 0. The van der Waals surface area contributed by atoms with Crippen LogP contribution in [-0.4, -0.2) is 17.4 Å². The first-order valence-corrected chi connectivity index (χ1v) is 8.30. The van der Waals surface area contributed by atoms with Crippen molar-refractivity contribution in [1.82, 2.24) is 4.90 Å². The maximum atomic E-state index is 13.4. The average molecular weight is 347 g/mol. The van der Waals surface area contributed by atoms with Crippen LogP contribution in [0.3, 0.4) is 0 Å². The van der Waals surface area contributed by atoms with Gasteiger partial charge < -0.3 is 9.32 Å². The molecule has 124 valence electrons. The molecule has 0 saturated carbocycles. The molecule has 0 atom stereocenters. The second-order valence-corrected chi connectivity index (χ2v) is 6.30. The molecule has 0 fully saturated rings. The van der Waals surface area contributed by atoms with Crippen molar-refractivity contribution in [3.05, 3.63) is 81.9 Å². The first-order valence-electron chi connectivity index (χ1n) is 7.42. The van der Waals surface area contributed by atoms with Crippen LogP contribution in [-0.2, 0) is 13.0 Å². The molecule has 0 N–H and O–H groups in total. The van der Waals surface area contributed by atoms with E-state index in [1.165, 1.54) is 12.3 Å². The van der Waals surface area contributed by atoms with Crippen molar-refractivity contribution in [3.63, 3.8) is 0 Å². The molecule has 0 aliphatic rings. The minimum absolute atomic E-state index is 0.117. The van der Waals surface area contributed by atoms with Crippen LogP contribution in [0.5, 0.6) is 0 Å². The first kappa shape index (κ1) is 16.4. The summed E-state index contributed by atoms with van der Waals surface area (Å²) in [6, 6.07) is 10.7. The summed E-state index contributed by atoms with van der Waals surface area (Å²) in [6.07, 6.45) is 2.22. The Morgan fingerprint density at radius 1 is 1.12 bits per heavy atom. The van der Waals surface area contributed by atoms with Gasteiger partial charge in [-0.15, -0.1) is 11.3 Å². The zero-order chi connectivity index (χ0) is 16.9. The van der Waals surface area contributed by atoms with E-state index < -0.39 is 11.6 Å². The molecule has 2 heterocycles. The van der Waals surface area contributed by atoms with Gasteiger partial charge >= 0.3 is 0 Å². The monoisotopic (exact) mass is 347 g/mol. The number of benzene rings is 1. The Balaban J connectivity index is 1.79. The number of thiophene rings is 1.